The Labute approximate surface area is 164 Å². The van der Waals surface area contributed by atoms with E-state index in [9.17, 15) is 0 Å². The van der Waals surface area contributed by atoms with E-state index in [-0.39, 0.29) is 30.0 Å². The lowest BCUT2D eigenvalue weighted by Gasteiger charge is -2.30. The van der Waals surface area contributed by atoms with Gasteiger partial charge in [-0.25, -0.2) is 0 Å². The summed E-state index contributed by atoms with van der Waals surface area (Å²) in [5, 5.41) is 0. The van der Waals surface area contributed by atoms with Gasteiger partial charge in [0.25, 0.3) is 0 Å². The van der Waals surface area contributed by atoms with Crippen LogP contribution in [0.5, 0.6) is 5.75 Å². The molecule has 6 heteroatoms. The minimum absolute atomic E-state index is 0. The van der Waals surface area contributed by atoms with E-state index in [0.717, 1.165) is 31.3 Å². The Morgan fingerprint density at radius 1 is 1.08 bits per heavy atom. The van der Waals surface area contributed by atoms with Gasteiger partial charge in [-0.2, -0.15) is 0 Å². The lowest BCUT2D eigenvalue weighted by atomic mass is 10.0. The summed E-state index contributed by atoms with van der Waals surface area (Å²) < 4.78 is 5.38. The predicted molar refractivity (Wildman–Crippen MR) is 114 cm³/mol. The van der Waals surface area contributed by atoms with Crippen molar-refractivity contribution in [3.8, 4) is 5.75 Å². The number of hydrogen-bond acceptors (Lipinski definition) is 3. The second-order valence-corrected chi connectivity index (χ2v) is 5.94. The van der Waals surface area contributed by atoms with E-state index in [4.69, 9.17) is 9.73 Å². The highest BCUT2D eigenvalue weighted by atomic mass is 127. The molecule has 1 rings (SSSR count). The van der Waals surface area contributed by atoms with E-state index in [1.807, 2.05) is 50.1 Å². The van der Waals surface area contributed by atoms with Crippen LogP contribution < -0.4 is 4.74 Å². The van der Waals surface area contributed by atoms with Crippen molar-refractivity contribution in [2.75, 3.05) is 54.9 Å². The molecule has 0 spiro atoms. The normalized spacial score (nSPS) is 11.5. The molecule has 0 fully saturated rings. The standard InChI is InChI=1S/C18H32N4O.HI/c1-8-22(9-2)17(14-19-18(20(3)4)21(5)6)15-11-10-12-16(13-15)23-7;/h10-13,17H,8-9,14H2,1-7H3;1H. The molecule has 0 saturated carbocycles. The number of benzene rings is 1. The van der Waals surface area contributed by atoms with Crippen LogP contribution in [0.1, 0.15) is 25.5 Å². The van der Waals surface area contributed by atoms with Crippen LogP contribution in [-0.4, -0.2) is 75.6 Å². The molecule has 0 bridgehead atoms. The van der Waals surface area contributed by atoms with Crippen molar-refractivity contribution in [2.24, 2.45) is 4.99 Å². The van der Waals surface area contributed by atoms with Crippen molar-refractivity contribution in [3.63, 3.8) is 0 Å². The summed E-state index contributed by atoms with van der Waals surface area (Å²) in [6.07, 6.45) is 0. The molecule has 0 radical (unpaired) electrons. The smallest absolute Gasteiger partial charge is 0.195 e. The number of halogens is 1. The number of rotatable bonds is 7. The lowest BCUT2D eigenvalue weighted by molar-refractivity contribution is 0.223. The predicted octanol–water partition coefficient (Wildman–Crippen LogP) is 3.18. The van der Waals surface area contributed by atoms with E-state index < -0.39 is 0 Å². The third-order valence-electron chi connectivity index (χ3n) is 3.94. The number of aliphatic imine (C=N–C) groups is 1. The molecule has 138 valence electrons. The van der Waals surface area contributed by atoms with Gasteiger partial charge < -0.3 is 14.5 Å². The Hall–Kier alpha value is -1.02. The fourth-order valence-electron chi connectivity index (χ4n) is 2.80. The van der Waals surface area contributed by atoms with Crippen LogP contribution in [0.3, 0.4) is 0 Å². The number of methoxy groups -OCH3 is 1. The zero-order chi connectivity index (χ0) is 17.4. The maximum Gasteiger partial charge on any atom is 0.195 e. The maximum atomic E-state index is 5.38. The molecule has 0 aliphatic carbocycles. The van der Waals surface area contributed by atoms with Gasteiger partial charge in [-0.3, -0.25) is 9.89 Å². The summed E-state index contributed by atoms with van der Waals surface area (Å²) in [7, 11) is 9.81. The highest BCUT2D eigenvalue weighted by Gasteiger charge is 2.19. The molecular weight excluding hydrogens is 415 g/mol. The van der Waals surface area contributed by atoms with Crippen LogP contribution in [0.4, 0.5) is 0 Å². The molecule has 0 saturated heterocycles. The second-order valence-electron chi connectivity index (χ2n) is 5.94. The average molecular weight is 448 g/mol. The Morgan fingerprint density at radius 2 is 1.67 bits per heavy atom. The van der Waals surface area contributed by atoms with Crippen molar-refractivity contribution < 1.29 is 4.74 Å². The number of likely N-dealkylation sites (N-methyl/N-ethyl adjacent to an activating group) is 1. The van der Waals surface area contributed by atoms with Gasteiger partial charge in [0, 0.05) is 28.2 Å². The van der Waals surface area contributed by atoms with Crippen LogP contribution in [0, 0.1) is 0 Å². The van der Waals surface area contributed by atoms with E-state index >= 15 is 0 Å². The first kappa shape index (κ1) is 23.0. The topological polar surface area (TPSA) is 31.3 Å². The molecule has 0 aromatic heterocycles. The minimum Gasteiger partial charge on any atom is -0.497 e. The van der Waals surface area contributed by atoms with Gasteiger partial charge in [0.2, 0.25) is 0 Å². The Kier molecular flexibility index (Phi) is 11.0. The summed E-state index contributed by atoms with van der Waals surface area (Å²) in [4.78, 5) is 11.4. The van der Waals surface area contributed by atoms with E-state index in [2.05, 4.69) is 30.9 Å². The average Bonchev–Trinajstić information content (AvgIpc) is 2.53. The zero-order valence-corrected chi connectivity index (χ0v) is 18.4. The number of hydrogen-bond donors (Lipinski definition) is 0. The fraction of sp³-hybridized carbons (Fsp3) is 0.611. The molecule has 1 aromatic rings. The third-order valence-corrected chi connectivity index (χ3v) is 3.94. The summed E-state index contributed by atoms with van der Waals surface area (Å²) in [5.74, 6) is 1.87. The second kappa shape index (κ2) is 11.5. The van der Waals surface area contributed by atoms with Gasteiger partial charge in [-0.1, -0.05) is 26.0 Å². The highest BCUT2D eigenvalue weighted by Crippen LogP contribution is 2.24. The van der Waals surface area contributed by atoms with E-state index in [1.54, 1.807) is 7.11 Å². The van der Waals surface area contributed by atoms with Crippen molar-refractivity contribution in [1.82, 2.24) is 14.7 Å². The molecule has 1 atom stereocenters. The fourth-order valence-corrected chi connectivity index (χ4v) is 2.80. The van der Waals surface area contributed by atoms with E-state index in [0.29, 0.717) is 0 Å². The monoisotopic (exact) mass is 448 g/mol. The molecule has 0 N–H and O–H groups in total. The third kappa shape index (κ3) is 6.47. The van der Waals surface area contributed by atoms with Gasteiger partial charge in [-0.15, -0.1) is 24.0 Å². The number of ether oxygens (including phenoxy) is 1. The van der Waals surface area contributed by atoms with Crippen molar-refractivity contribution in [2.45, 2.75) is 19.9 Å². The van der Waals surface area contributed by atoms with Crippen molar-refractivity contribution in [3.05, 3.63) is 29.8 Å². The highest BCUT2D eigenvalue weighted by molar-refractivity contribution is 14.0. The largest absolute Gasteiger partial charge is 0.497 e. The maximum absolute atomic E-state index is 5.38. The van der Waals surface area contributed by atoms with Gasteiger partial charge >= 0.3 is 0 Å². The molecule has 0 aliphatic rings. The van der Waals surface area contributed by atoms with Gasteiger partial charge in [-0.05, 0) is 30.8 Å². The van der Waals surface area contributed by atoms with Gasteiger partial charge in [0.15, 0.2) is 5.96 Å². The van der Waals surface area contributed by atoms with Gasteiger partial charge in [0.05, 0.1) is 19.7 Å². The molecule has 1 aromatic carbocycles. The Bertz CT molecular complexity index is 492. The van der Waals surface area contributed by atoms with Crippen LogP contribution in [0.25, 0.3) is 0 Å². The SMILES string of the molecule is CCN(CC)C(CN=C(N(C)C)N(C)C)c1cccc(OC)c1.I. The van der Waals surface area contributed by atoms with Crippen LogP contribution >= 0.6 is 24.0 Å². The van der Waals surface area contributed by atoms with E-state index in [1.165, 1.54) is 5.56 Å². The minimum atomic E-state index is 0. The Morgan fingerprint density at radius 3 is 2.12 bits per heavy atom. The first-order valence-electron chi connectivity index (χ1n) is 8.21. The molecule has 1 unspecified atom stereocenters. The van der Waals surface area contributed by atoms with Crippen LogP contribution in [0.15, 0.2) is 29.3 Å². The summed E-state index contributed by atoms with van der Waals surface area (Å²) in [6.45, 7) is 7.10. The first-order valence-corrected chi connectivity index (χ1v) is 8.21. The molecule has 0 amide bonds. The lowest BCUT2D eigenvalue weighted by Crippen LogP contribution is -2.37. The Balaban J connectivity index is 0.00000529. The number of nitrogens with zero attached hydrogens (tertiary/aromatic N) is 4. The summed E-state index contributed by atoms with van der Waals surface area (Å²) in [5.41, 5.74) is 1.24. The van der Waals surface area contributed by atoms with Crippen molar-refractivity contribution >= 4 is 29.9 Å². The summed E-state index contributed by atoms with van der Waals surface area (Å²) >= 11 is 0. The molecule has 0 aliphatic heterocycles. The van der Waals surface area contributed by atoms with Crippen LogP contribution in [-0.2, 0) is 0 Å². The number of guanidine groups is 1. The quantitative estimate of drug-likeness (QED) is 0.364. The first-order chi connectivity index (χ1) is 10.9. The molecule has 24 heavy (non-hydrogen) atoms. The van der Waals surface area contributed by atoms with Crippen LogP contribution in [0.2, 0.25) is 0 Å². The molecule has 0 heterocycles. The van der Waals surface area contributed by atoms with Gasteiger partial charge in [0.1, 0.15) is 5.75 Å². The summed E-state index contributed by atoms with van der Waals surface area (Å²) in [6, 6.07) is 8.55. The zero-order valence-electron chi connectivity index (χ0n) is 16.1. The molecular formula is C18H33IN4O. The molecule has 5 nitrogen and oxygen atoms in total. The van der Waals surface area contributed by atoms with Crippen molar-refractivity contribution in [1.29, 1.82) is 0 Å².